The summed E-state index contributed by atoms with van der Waals surface area (Å²) < 4.78 is 4.63. The molecule has 0 aliphatic carbocycles. The average Bonchev–Trinajstić information content (AvgIpc) is 2.14. The molecule has 0 aromatic carbocycles. The highest BCUT2D eigenvalue weighted by atomic mass is 16.5. The van der Waals surface area contributed by atoms with Crippen LogP contribution in [0.1, 0.15) is 26.7 Å². The van der Waals surface area contributed by atoms with Crippen LogP contribution in [-0.2, 0) is 14.3 Å². The van der Waals surface area contributed by atoms with Crippen molar-refractivity contribution in [3.05, 3.63) is 0 Å². The summed E-state index contributed by atoms with van der Waals surface area (Å²) in [5.74, 6) is -1.13. The second kappa shape index (κ2) is 6.88. The molecule has 0 amide bonds. The molecule has 0 radical (unpaired) electrons. The summed E-state index contributed by atoms with van der Waals surface area (Å²) in [5, 5.41) is 8.89. The van der Waals surface area contributed by atoms with Gasteiger partial charge in [-0.25, -0.2) is 0 Å². The van der Waals surface area contributed by atoms with E-state index >= 15 is 0 Å². The van der Waals surface area contributed by atoms with Gasteiger partial charge in [-0.05, 0) is 12.3 Å². The largest absolute Gasteiger partial charge is 0.481 e. The molecule has 4 heteroatoms. The second-order valence-electron chi connectivity index (χ2n) is 3.39. The smallest absolute Gasteiger partial charge is 0.321 e. The van der Waals surface area contributed by atoms with Gasteiger partial charge in [0.25, 0.3) is 0 Å². The number of carbonyl (C=O) groups is 2. The van der Waals surface area contributed by atoms with Crippen LogP contribution in [0.3, 0.4) is 0 Å². The molecule has 0 fully saturated rings. The van der Waals surface area contributed by atoms with Crippen molar-refractivity contribution >= 4 is 11.9 Å². The van der Waals surface area contributed by atoms with Crippen molar-refractivity contribution in [2.45, 2.75) is 26.7 Å². The van der Waals surface area contributed by atoms with Crippen LogP contribution < -0.4 is 0 Å². The van der Waals surface area contributed by atoms with Crippen molar-refractivity contribution in [1.29, 1.82) is 0 Å². The highest BCUT2D eigenvalue weighted by molar-refractivity contribution is 5.94. The second-order valence-corrected chi connectivity index (χ2v) is 3.39. The van der Waals surface area contributed by atoms with Crippen LogP contribution in [0.5, 0.6) is 0 Å². The van der Waals surface area contributed by atoms with Gasteiger partial charge in [0.2, 0.25) is 0 Å². The van der Waals surface area contributed by atoms with E-state index in [1.165, 1.54) is 0 Å². The van der Waals surface area contributed by atoms with Gasteiger partial charge in [0, 0.05) is 0 Å². The van der Waals surface area contributed by atoms with Crippen LogP contribution in [-0.4, -0.2) is 23.7 Å². The van der Waals surface area contributed by atoms with Gasteiger partial charge in [-0.15, -0.1) is 6.42 Å². The number of terminal acetylenes is 1. The van der Waals surface area contributed by atoms with Crippen molar-refractivity contribution in [3.8, 4) is 12.3 Å². The third-order valence-corrected chi connectivity index (χ3v) is 2.13. The fourth-order valence-electron chi connectivity index (χ4n) is 1.40. The maximum atomic E-state index is 11.4. The van der Waals surface area contributed by atoms with Crippen LogP contribution in [0, 0.1) is 24.2 Å². The van der Waals surface area contributed by atoms with E-state index in [1.807, 2.05) is 6.92 Å². The molecule has 0 aromatic heterocycles. The van der Waals surface area contributed by atoms with Crippen LogP contribution in [0.25, 0.3) is 0 Å². The molecule has 0 spiro atoms. The zero-order chi connectivity index (χ0) is 11.8. The molecule has 0 aliphatic rings. The van der Waals surface area contributed by atoms with Gasteiger partial charge in [-0.3, -0.25) is 9.59 Å². The zero-order valence-electron chi connectivity index (χ0n) is 9.03. The van der Waals surface area contributed by atoms with Crippen LogP contribution >= 0.6 is 0 Å². The number of aliphatic carboxylic acids is 1. The number of rotatable bonds is 6. The summed E-state index contributed by atoms with van der Waals surface area (Å²) in [6.07, 6.45) is 6.41. The Morgan fingerprint density at radius 3 is 2.53 bits per heavy atom. The van der Waals surface area contributed by atoms with E-state index in [1.54, 1.807) is 6.92 Å². The Hall–Kier alpha value is -1.50. The van der Waals surface area contributed by atoms with Crippen molar-refractivity contribution in [3.63, 3.8) is 0 Å². The average molecular weight is 212 g/mol. The quantitative estimate of drug-likeness (QED) is 0.409. The number of ether oxygens (including phenoxy) is 1. The summed E-state index contributed by atoms with van der Waals surface area (Å²) in [7, 11) is 0. The molecule has 0 saturated carbocycles. The van der Waals surface area contributed by atoms with Gasteiger partial charge < -0.3 is 9.84 Å². The molecule has 0 rings (SSSR count). The standard InChI is InChI=1S/C11H16O4/c1-4-6-8(3)9(10(12)13)11(14)15-7-5-2/h2,8-9H,4,6-7H2,1,3H3,(H,12,13). The highest BCUT2D eigenvalue weighted by Gasteiger charge is 2.32. The fraction of sp³-hybridized carbons (Fsp3) is 0.636. The molecule has 15 heavy (non-hydrogen) atoms. The van der Waals surface area contributed by atoms with E-state index in [4.69, 9.17) is 11.5 Å². The SMILES string of the molecule is C#CCOC(=O)C(C(=O)O)C(C)CCC. The Labute approximate surface area is 89.6 Å². The molecule has 1 N–H and O–H groups in total. The Morgan fingerprint density at radius 1 is 1.53 bits per heavy atom. The predicted octanol–water partition coefficient (Wildman–Crippen LogP) is 1.30. The van der Waals surface area contributed by atoms with E-state index in [0.717, 1.165) is 6.42 Å². The molecule has 0 aliphatic heterocycles. The first kappa shape index (κ1) is 13.5. The van der Waals surface area contributed by atoms with E-state index in [0.29, 0.717) is 6.42 Å². The number of carboxylic acid groups (broad SMARTS) is 1. The Morgan fingerprint density at radius 2 is 2.13 bits per heavy atom. The van der Waals surface area contributed by atoms with E-state index < -0.39 is 17.9 Å². The first-order valence-corrected chi connectivity index (χ1v) is 4.87. The van der Waals surface area contributed by atoms with E-state index in [9.17, 15) is 9.59 Å². The van der Waals surface area contributed by atoms with E-state index in [2.05, 4.69) is 10.7 Å². The third kappa shape index (κ3) is 4.50. The lowest BCUT2D eigenvalue weighted by molar-refractivity contribution is -0.160. The minimum absolute atomic E-state index is 0.179. The molecule has 0 bridgehead atoms. The zero-order valence-corrected chi connectivity index (χ0v) is 9.03. The predicted molar refractivity (Wildman–Crippen MR) is 55.0 cm³/mol. The fourth-order valence-corrected chi connectivity index (χ4v) is 1.40. The molecule has 2 atom stereocenters. The summed E-state index contributed by atoms with van der Waals surface area (Å²) in [4.78, 5) is 22.2. The van der Waals surface area contributed by atoms with Gasteiger partial charge in [0.15, 0.2) is 12.5 Å². The lowest BCUT2D eigenvalue weighted by atomic mass is 9.90. The maximum absolute atomic E-state index is 11.4. The highest BCUT2D eigenvalue weighted by Crippen LogP contribution is 2.19. The van der Waals surface area contributed by atoms with Crippen molar-refractivity contribution in [2.24, 2.45) is 11.8 Å². The number of carbonyl (C=O) groups excluding carboxylic acids is 1. The normalized spacial score (nSPS) is 13.7. The summed E-state index contributed by atoms with van der Waals surface area (Å²) in [5.41, 5.74) is 0. The van der Waals surface area contributed by atoms with Gasteiger partial charge in [0.1, 0.15) is 0 Å². The monoisotopic (exact) mass is 212 g/mol. The number of esters is 1. The number of hydrogen-bond donors (Lipinski definition) is 1. The topological polar surface area (TPSA) is 63.6 Å². The third-order valence-electron chi connectivity index (χ3n) is 2.13. The Kier molecular flexibility index (Phi) is 6.19. The van der Waals surface area contributed by atoms with Crippen LogP contribution in [0.4, 0.5) is 0 Å². The van der Waals surface area contributed by atoms with Crippen molar-refractivity contribution < 1.29 is 19.4 Å². The van der Waals surface area contributed by atoms with Gasteiger partial charge in [0.05, 0.1) is 0 Å². The number of hydrogen-bond acceptors (Lipinski definition) is 3. The van der Waals surface area contributed by atoms with Gasteiger partial charge >= 0.3 is 11.9 Å². The molecular formula is C11H16O4. The van der Waals surface area contributed by atoms with E-state index in [-0.39, 0.29) is 12.5 Å². The minimum Gasteiger partial charge on any atom is -0.481 e. The summed E-state index contributed by atoms with van der Waals surface area (Å²) in [6, 6.07) is 0. The first-order chi connectivity index (χ1) is 7.04. The Bertz CT molecular complexity index is 264. The van der Waals surface area contributed by atoms with Crippen molar-refractivity contribution in [1.82, 2.24) is 0 Å². The van der Waals surface area contributed by atoms with Gasteiger partial charge in [-0.2, -0.15) is 0 Å². The summed E-state index contributed by atoms with van der Waals surface area (Å²) >= 11 is 0. The van der Waals surface area contributed by atoms with Crippen LogP contribution in [0.2, 0.25) is 0 Å². The van der Waals surface area contributed by atoms with Crippen molar-refractivity contribution in [2.75, 3.05) is 6.61 Å². The maximum Gasteiger partial charge on any atom is 0.321 e. The van der Waals surface area contributed by atoms with Crippen LogP contribution in [0.15, 0.2) is 0 Å². The van der Waals surface area contributed by atoms with Gasteiger partial charge in [-0.1, -0.05) is 26.2 Å². The molecule has 0 aromatic rings. The molecule has 2 unspecified atom stereocenters. The lowest BCUT2D eigenvalue weighted by Crippen LogP contribution is -2.31. The molecule has 0 saturated heterocycles. The number of carboxylic acids is 1. The molecule has 4 nitrogen and oxygen atoms in total. The lowest BCUT2D eigenvalue weighted by Gasteiger charge is -2.17. The molecular weight excluding hydrogens is 196 g/mol. The Balaban J connectivity index is 4.45. The minimum atomic E-state index is -1.15. The first-order valence-electron chi connectivity index (χ1n) is 4.87. The molecule has 0 heterocycles. The molecule has 84 valence electrons. The summed E-state index contributed by atoms with van der Waals surface area (Å²) in [6.45, 7) is 3.48.